The van der Waals surface area contributed by atoms with E-state index in [1.54, 1.807) is 36.4 Å². The molecule has 0 unspecified atom stereocenters. The van der Waals surface area contributed by atoms with Crippen molar-refractivity contribution in [1.29, 1.82) is 0 Å². The lowest BCUT2D eigenvalue weighted by atomic mass is 10.2. The largest absolute Gasteiger partial charge is 0.423 e. The zero-order valence-electron chi connectivity index (χ0n) is 14.4. The van der Waals surface area contributed by atoms with Crippen LogP contribution < -0.4 is 10.1 Å². The molecule has 0 fully saturated rings. The Morgan fingerprint density at radius 3 is 2.50 bits per heavy atom. The first kappa shape index (κ1) is 20.1. The molecule has 0 saturated carbocycles. The van der Waals surface area contributed by atoms with E-state index in [1.165, 1.54) is 19.1 Å². The number of ether oxygens (including phenoxy) is 1. The van der Waals surface area contributed by atoms with Crippen LogP contribution in [0, 0.1) is 0 Å². The Labute approximate surface area is 174 Å². The molecule has 0 bridgehead atoms. The van der Waals surface area contributed by atoms with Crippen molar-refractivity contribution in [2.75, 3.05) is 0 Å². The zero-order valence-corrected chi connectivity index (χ0v) is 16.7. The van der Waals surface area contributed by atoms with Crippen LogP contribution in [0.25, 0.3) is 6.08 Å². The highest BCUT2D eigenvalue weighted by Gasteiger charge is 2.22. The fourth-order valence-corrected chi connectivity index (χ4v) is 3.56. The van der Waals surface area contributed by atoms with Gasteiger partial charge in [-0.3, -0.25) is 9.59 Å². The number of hydrogen-bond acceptors (Lipinski definition) is 5. The number of benzene rings is 2. The van der Waals surface area contributed by atoms with Crippen molar-refractivity contribution in [3.63, 3.8) is 0 Å². The van der Waals surface area contributed by atoms with Crippen molar-refractivity contribution in [3.8, 4) is 5.75 Å². The van der Waals surface area contributed by atoms with E-state index >= 15 is 0 Å². The van der Waals surface area contributed by atoms with Crippen LogP contribution in [0.15, 0.2) is 52.4 Å². The molecule has 9 heteroatoms. The van der Waals surface area contributed by atoms with Gasteiger partial charge in [0.15, 0.2) is 5.17 Å². The van der Waals surface area contributed by atoms with Crippen molar-refractivity contribution >= 4 is 64.0 Å². The van der Waals surface area contributed by atoms with E-state index in [-0.39, 0.29) is 21.7 Å². The molecule has 0 spiro atoms. The van der Waals surface area contributed by atoms with Gasteiger partial charge in [0.25, 0.3) is 5.91 Å². The molecule has 1 aliphatic heterocycles. The lowest BCUT2D eigenvalue weighted by Crippen LogP contribution is -2.23. The van der Waals surface area contributed by atoms with Gasteiger partial charge in [0.2, 0.25) is 5.91 Å². The van der Waals surface area contributed by atoms with Crippen LogP contribution in [-0.4, -0.2) is 23.0 Å². The van der Waals surface area contributed by atoms with E-state index in [0.29, 0.717) is 21.2 Å². The minimum Gasteiger partial charge on any atom is -0.423 e. The molecule has 2 amide bonds. The number of rotatable bonds is 3. The normalized spacial score (nSPS) is 14.8. The highest BCUT2D eigenvalue weighted by molar-refractivity contribution is 8.18. The third-order valence-electron chi connectivity index (χ3n) is 3.44. The van der Waals surface area contributed by atoms with Crippen molar-refractivity contribution in [3.05, 3.63) is 68.5 Å². The van der Waals surface area contributed by atoms with Gasteiger partial charge in [-0.15, -0.1) is 0 Å². The average molecular weight is 435 g/mol. The van der Waals surface area contributed by atoms with Gasteiger partial charge in [-0.2, -0.15) is 4.99 Å². The first-order chi connectivity index (χ1) is 13.3. The van der Waals surface area contributed by atoms with Gasteiger partial charge in [-0.05, 0) is 53.7 Å². The van der Waals surface area contributed by atoms with E-state index in [2.05, 4.69) is 10.3 Å². The number of nitrogens with zero attached hydrogens (tertiary/aromatic N) is 1. The molecule has 142 valence electrons. The molecule has 0 saturated heterocycles. The van der Waals surface area contributed by atoms with Crippen LogP contribution in [0.3, 0.4) is 0 Å². The summed E-state index contributed by atoms with van der Waals surface area (Å²) in [4.78, 5) is 39.3. The van der Waals surface area contributed by atoms with Gasteiger partial charge in [-0.25, -0.2) is 4.79 Å². The number of hydrogen-bond donors (Lipinski definition) is 1. The van der Waals surface area contributed by atoms with Gasteiger partial charge < -0.3 is 10.1 Å². The maximum atomic E-state index is 12.2. The first-order valence-corrected chi connectivity index (χ1v) is 9.46. The number of amidine groups is 1. The number of carbonyl (C=O) groups is 3. The van der Waals surface area contributed by atoms with Gasteiger partial charge >= 0.3 is 5.97 Å². The van der Waals surface area contributed by atoms with Gasteiger partial charge in [0, 0.05) is 11.9 Å². The Balaban J connectivity index is 1.68. The quantitative estimate of drug-likeness (QED) is 0.441. The number of esters is 1. The monoisotopic (exact) mass is 434 g/mol. The molecule has 2 aromatic carbocycles. The summed E-state index contributed by atoms with van der Waals surface area (Å²) in [5, 5.41) is 3.34. The Kier molecular flexibility index (Phi) is 6.18. The first-order valence-electron chi connectivity index (χ1n) is 7.89. The number of carbonyl (C=O) groups excluding carboxylic acids is 3. The molecule has 1 N–H and O–H groups in total. The van der Waals surface area contributed by atoms with E-state index in [1.807, 2.05) is 0 Å². The van der Waals surface area contributed by atoms with E-state index in [9.17, 15) is 14.4 Å². The van der Waals surface area contributed by atoms with E-state index in [4.69, 9.17) is 27.9 Å². The summed E-state index contributed by atoms with van der Waals surface area (Å²) < 4.78 is 5.30. The zero-order chi connectivity index (χ0) is 20.3. The topological polar surface area (TPSA) is 84.8 Å². The summed E-state index contributed by atoms with van der Waals surface area (Å²) in [5.74, 6) is -1.02. The molecule has 0 radical (unpaired) electrons. The van der Waals surface area contributed by atoms with Crippen LogP contribution in [0.5, 0.6) is 5.75 Å². The van der Waals surface area contributed by atoms with Crippen LogP contribution in [-0.2, 0) is 9.59 Å². The molecule has 3 rings (SSSR count). The fourth-order valence-electron chi connectivity index (χ4n) is 2.21. The minimum atomic E-state index is -0.609. The highest BCUT2D eigenvalue weighted by Crippen LogP contribution is 2.28. The van der Waals surface area contributed by atoms with E-state index in [0.717, 1.165) is 11.8 Å². The van der Waals surface area contributed by atoms with Crippen molar-refractivity contribution in [2.24, 2.45) is 4.99 Å². The lowest BCUT2D eigenvalue weighted by Gasteiger charge is -2.06. The average Bonchev–Trinajstić information content (AvgIpc) is 2.94. The Hall–Kier alpha value is -2.61. The molecular weight excluding hydrogens is 423 g/mol. The van der Waals surface area contributed by atoms with Crippen LogP contribution in [0.4, 0.5) is 0 Å². The van der Waals surface area contributed by atoms with E-state index < -0.39 is 11.9 Å². The second-order valence-corrected chi connectivity index (χ2v) is 7.47. The summed E-state index contributed by atoms with van der Waals surface area (Å²) in [7, 11) is 0. The Morgan fingerprint density at radius 2 is 1.86 bits per heavy atom. The Morgan fingerprint density at radius 1 is 1.14 bits per heavy atom. The van der Waals surface area contributed by atoms with Gasteiger partial charge in [0.05, 0.1) is 15.5 Å². The molecule has 28 heavy (non-hydrogen) atoms. The molecule has 0 aromatic heterocycles. The van der Waals surface area contributed by atoms with Crippen LogP contribution in [0.2, 0.25) is 10.0 Å². The second kappa shape index (κ2) is 8.60. The van der Waals surface area contributed by atoms with Crippen molar-refractivity contribution in [2.45, 2.75) is 6.92 Å². The standard InChI is InChI=1S/C19H12Cl2N2O4S/c1-10(24)22-19-23-17(25)16(28-19)8-11-2-5-13(6-3-11)27-18(26)14-7-4-12(20)9-15(14)21/h2-9H,1H3,(H,22,23,24,25)/b16-8-. The third-order valence-corrected chi connectivity index (χ3v) is 4.89. The van der Waals surface area contributed by atoms with Gasteiger partial charge in [0.1, 0.15) is 5.75 Å². The SMILES string of the molecule is CC(=O)NC1=NC(=O)/C(=C/c2ccc(OC(=O)c3ccc(Cl)cc3Cl)cc2)S1. The van der Waals surface area contributed by atoms with Crippen LogP contribution in [0.1, 0.15) is 22.8 Å². The van der Waals surface area contributed by atoms with Crippen molar-refractivity contribution < 1.29 is 19.1 Å². The molecule has 1 aliphatic rings. The Bertz CT molecular complexity index is 1030. The minimum absolute atomic E-state index is 0.200. The summed E-state index contributed by atoms with van der Waals surface area (Å²) in [6.07, 6.45) is 1.63. The molecule has 6 nitrogen and oxygen atoms in total. The second-order valence-electron chi connectivity index (χ2n) is 5.60. The summed E-state index contributed by atoms with van der Waals surface area (Å²) >= 11 is 12.9. The highest BCUT2D eigenvalue weighted by atomic mass is 35.5. The molecule has 2 aromatic rings. The van der Waals surface area contributed by atoms with Crippen molar-refractivity contribution in [1.82, 2.24) is 5.32 Å². The number of amides is 2. The molecule has 0 aliphatic carbocycles. The van der Waals surface area contributed by atoms with Gasteiger partial charge in [-0.1, -0.05) is 35.3 Å². The number of aliphatic imine (C=N–C) groups is 1. The predicted octanol–water partition coefficient (Wildman–Crippen LogP) is 4.32. The maximum Gasteiger partial charge on any atom is 0.345 e. The summed E-state index contributed by atoms with van der Waals surface area (Å²) in [5.41, 5.74) is 0.910. The molecular formula is C19H12Cl2N2O4S. The smallest absolute Gasteiger partial charge is 0.345 e. The molecule has 0 atom stereocenters. The number of halogens is 2. The fraction of sp³-hybridized carbons (Fsp3) is 0.0526. The number of thioether (sulfide) groups is 1. The number of nitrogens with one attached hydrogen (secondary N) is 1. The third kappa shape index (κ3) is 5.01. The lowest BCUT2D eigenvalue weighted by molar-refractivity contribution is -0.117. The van der Waals surface area contributed by atoms with Crippen LogP contribution >= 0.6 is 35.0 Å². The predicted molar refractivity (Wildman–Crippen MR) is 110 cm³/mol. The summed E-state index contributed by atoms with van der Waals surface area (Å²) in [6, 6.07) is 11.0. The summed E-state index contributed by atoms with van der Waals surface area (Å²) in [6.45, 7) is 1.34. The maximum absolute atomic E-state index is 12.2. The molecule has 1 heterocycles.